The third kappa shape index (κ3) is 2.38. The summed E-state index contributed by atoms with van der Waals surface area (Å²) < 4.78 is 5.46. The molecule has 0 bridgehead atoms. The quantitative estimate of drug-likeness (QED) is 0.746. The molecule has 0 aliphatic carbocycles. The molecule has 68 valence electrons. The van der Waals surface area contributed by atoms with E-state index in [0.717, 1.165) is 30.9 Å². The molecule has 0 saturated heterocycles. The van der Waals surface area contributed by atoms with Crippen LogP contribution in [0.5, 0.6) is 0 Å². The normalized spacial score (nSPS) is 13.2. The first-order valence-electron chi connectivity index (χ1n) is 4.51. The summed E-state index contributed by atoms with van der Waals surface area (Å²) in [4.78, 5) is 0. The molecule has 0 saturated carbocycles. The van der Waals surface area contributed by atoms with Gasteiger partial charge in [-0.05, 0) is 31.5 Å². The molecule has 1 aromatic rings. The zero-order valence-electron chi connectivity index (χ0n) is 7.84. The van der Waals surface area contributed by atoms with Gasteiger partial charge in [-0.2, -0.15) is 0 Å². The molecule has 0 aliphatic heterocycles. The lowest BCUT2D eigenvalue weighted by molar-refractivity contribution is 0.422. The fourth-order valence-corrected chi connectivity index (χ4v) is 1.27. The van der Waals surface area contributed by atoms with Gasteiger partial charge in [0, 0.05) is 6.42 Å². The van der Waals surface area contributed by atoms with Gasteiger partial charge in [-0.3, -0.25) is 0 Å². The fraction of sp³-hybridized carbons (Fsp3) is 0.600. The first-order valence-corrected chi connectivity index (χ1v) is 4.51. The van der Waals surface area contributed by atoms with E-state index in [4.69, 9.17) is 10.2 Å². The number of nitrogens with two attached hydrogens (primary N) is 1. The molecule has 0 fully saturated rings. The Kier molecular flexibility index (Phi) is 3.35. The maximum atomic E-state index is 5.60. The lowest BCUT2D eigenvalue weighted by Crippen LogP contribution is -2.15. The lowest BCUT2D eigenvalue weighted by atomic mass is 10.0. The van der Waals surface area contributed by atoms with Gasteiger partial charge in [0.2, 0.25) is 0 Å². The molecule has 1 unspecified atom stereocenters. The molecule has 0 aliphatic rings. The summed E-state index contributed by atoms with van der Waals surface area (Å²) in [6, 6.07) is 4.03. The Morgan fingerprint density at radius 2 is 2.25 bits per heavy atom. The second-order valence-corrected chi connectivity index (χ2v) is 3.23. The molecule has 2 heteroatoms. The van der Waals surface area contributed by atoms with Crippen molar-refractivity contribution in [1.29, 1.82) is 0 Å². The molecule has 1 rings (SSSR count). The van der Waals surface area contributed by atoms with Crippen molar-refractivity contribution in [3.05, 3.63) is 23.7 Å². The summed E-state index contributed by atoms with van der Waals surface area (Å²) >= 11 is 0. The highest BCUT2D eigenvalue weighted by Crippen LogP contribution is 2.13. The second-order valence-electron chi connectivity index (χ2n) is 3.23. The van der Waals surface area contributed by atoms with E-state index in [0.29, 0.717) is 5.92 Å². The molecule has 2 nitrogen and oxygen atoms in total. The van der Waals surface area contributed by atoms with Gasteiger partial charge in [-0.1, -0.05) is 13.3 Å². The lowest BCUT2D eigenvalue weighted by Gasteiger charge is -2.08. The Bertz CT molecular complexity index is 225. The number of rotatable bonds is 4. The van der Waals surface area contributed by atoms with Gasteiger partial charge in [0.05, 0.1) is 0 Å². The van der Waals surface area contributed by atoms with Crippen molar-refractivity contribution in [3.63, 3.8) is 0 Å². The number of furan rings is 1. The minimum Gasteiger partial charge on any atom is -0.466 e. The van der Waals surface area contributed by atoms with Crippen molar-refractivity contribution >= 4 is 0 Å². The van der Waals surface area contributed by atoms with Crippen LogP contribution >= 0.6 is 0 Å². The van der Waals surface area contributed by atoms with E-state index in [1.807, 2.05) is 19.1 Å². The molecule has 0 spiro atoms. The minimum atomic E-state index is 0.565. The van der Waals surface area contributed by atoms with Crippen LogP contribution in [0.25, 0.3) is 0 Å². The SMILES string of the molecule is CCC(CN)Cc1ccc(C)o1. The Morgan fingerprint density at radius 1 is 1.50 bits per heavy atom. The van der Waals surface area contributed by atoms with Crippen molar-refractivity contribution in [3.8, 4) is 0 Å². The van der Waals surface area contributed by atoms with Crippen LogP contribution in [-0.2, 0) is 6.42 Å². The van der Waals surface area contributed by atoms with Gasteiger partial charge >= 0.3 is 0 Å². The number of hydrogen-bond acceptors (Lipinski definition) is 2. The summed E-state index contributed by atoms with van der Waals surface area (Å²) in [5.41, 5.74) is 5.60. The zero-order chi connectivity index (χ0) is 8.97. The third-order valence-corrected chi connectivity index (χ3v) is 2.20. The van der Waals surface area contributed by atoms with Crippen LogP contribution in [0.3, 0.4) is 0 Å². The molecular formula is C10H17NO. The molecule has 1 aromatic heterocycles. The highest BCUT2D eigenvalue weighted by Gasteiger charge is 2.07. The van der Waals surface area contributed by atoms with Crippen LogP contribution in [0.15, 0.2) is 16.5 Å². The van der Waals surface area contributed by atoms with Gasteiger partial charge in [0.1, 0.15) is 11.5 Å². The molecular weight excluding hydrogens is 150 g/mol. The molecule has 0 amide bonds. The van der Waals surface area contributed by atoms with Crippen LogP contribution in [0.2, 0.25) is 0 Å². The average molecular weight is 167 g/mol. The van der Waals surface area contributed by atoms with Crippen molar-refractivity contribution in [2.75, 3.05) is 6.54 Å². The van der Waals surface area contributed by atoms with E-state index in [1.165, 1.54) is 0 Å². The molecule has 0 radical (unpaired) electrons. The minimum absolute atomic E-state index is 0.565. The molecule has 0 aromatic carbocycles. The molecule has 12 heavy (non-hydrogen) atoms. The van der Waals surface area contributed by atoms with Gasteiger partial charge < -0.3 is 10.2 Å². The first kappa shape index (κ1) is 9.33. The van der Waals surface area contributed by atoms with E-state index >= 15 is 0 Å². The summed E-state index contributed by atoms with van der Waals surface area (Å²) in [7, 11) is 0. The summed E-state index contributed by atoms with van der Waals surface area (Å²) in [6.45, 7) is 4.87. The average Bonchev–Trinajstić information content (AvgIpc) is 2.47. The van der Waals surface area contributed by atoms with E-state index in [9.17, 15) is 0 Å². The topological polar surface area (TPSA) is 39.2 Å². The monoisotopic (exact) mass is 167 g/mol. The van der Waals surface area contributed by atoms with Crippen molar-refractivity contribution in [1.82, 2.24) is 0 Å². The van der Waals surface area contributed by atoms with E-state index in [1.54, 1.807) is 0 Å². The Balaban J connectivity index is 2.50. The predicted octanol–water partition coefficient (Wildman–Crippen LogP) is 2.12. The first-order chi connectivity index (χ1) is 5.76. The summed E-state index contributed by atoms with van der Waals surface area (Å²) in [5.74, 6) is 2.61. The highest BCUT2D eigenvalue weighted by atomic mass is 16.3. The van der Waals surface area contributed by atoms with Crippen LogP contribution < -0.4 is 5.73 Å². The Labute approximate surface area is 73.8 Å². The van der Waals surface area contributed by atoms with Crippen molar-refractivity contribution < 1.29 is 4.42 Å². The third-order valence-electron chi connectivity index (χ3n) is 2.20. The smallest absolute Gasteiger partial charge is 0.104 e. The zero-order valence-corrected chi connectivity index (χ0v) is 7.84. The van der Waals surface area contributed by atoms with E-state index in [2.05, 4.69) is 6.92 Å². The van der Waals surface area contributed by atoms with Gasteiger partial charge in [0.25, 0.3) is 0 Å². The van der Waals surface area contributed by atoms with Gasteiger partial charge in [0.15, 0.2) is 0 Å². The van der Waals surface area contributed by atoms with Crippen LogP contribution in [0.1, 0.15) is 24.9 Å². The van der Waals surface area contributed by atoms with Crippen LogP contribution in [0.4, 0.5) is 0 Å². The molecule has 2 N–H and O–H groups in total. The summed E-state index contributed by atoms with van der Waals surface area (Å²) in [6.07, 6.45) is 2.09. The second kappa shape index (κ2) is 4.31. The number of hydrogen-bond donors (Lipinski definition) is 1. The Hall–Kier alpha value is -0.760. The van der Waals surface area contributed by atoms with Gasteiger partial charge in [-0.15, -0.1) is 0 Å². The number of aryl methyl sites for hydroxylation is 1. The molecule has 1 heterocycles. The van der Waals surface area contributed by atoms with Crippen molar-refractivity contribution in [2.24, 2.45) is 11.7 Å². The van der Waals surface area contributed by atoms with E-state index < -0.39 is 0 Å². The van der Waals surface area contributed by atoms with Crippen LogP contribution in [-0.4, -0.2) is 6.54 Å². The maximum absolute atomic E-state index is 5.60. The molecule has 1 atom stereocenters. The summed E-state index contributed by atoms with van der Waals surface area (Å²) in [5, 5.41) is 0. The fourth-order valence-electron chi connectivity index (χ4n) is 1.27. The van der Waals surface area contributed by atoms with Crippen LogP contribution in [0, 0.1) is 12.8 Å². The van der Waals surface area contributed by atoms with Crippen molar-refractivity contribution in [2.45, 2.75) is 26.7 Å². The van der Waals surface area contributed by atoms with Gasteiger partial charge in [-0.25, -0.2) is 0 Å². The Morgan fingerprint density at radius 3 is 2.67 bits per heavy atom. The standard InChI is InChI=1S/C10H17NO/c1-3-9(7-11)6-10-5-4-8(2)12-10/h4-5,9H,3,6-7,11H2,1-2H3. The van der Waals surface area contributed by atoms with E-state index in [-0.39, 0.29) is 0 Å². The largest absolute Gasteiger partial charge is 0.466 e. The maximum Gasteiger partial charge on any atom is 0.104 e. The highest BCUT2D eigenvalue weighted by molar-refractivity contribution is 5.06. The predicted molar refractivity (Wildman–Crippen MR) is 50.0 cm³/mol.